The van der Waals surface area contributed by atoms with Crippen molar-refractivity contribution in [3.05, 3.63) is 24.3 Å². The van der Waals surface area contributed by atoms with Crippen LogP contribution in [0.5, 0.6) is 0 Å². The SMILES string of the molecule is O=C(Cn1nc2ccccc2n1)N[C@@H]1CS(=O)(=O)C[C@H]1O. The van der Waals surface area contributed by atoms with E-state index in [9.17, 15) is 18.3 Å². The number of nitrogens with one attached hydrogen (secondary N) is 1. The number of carbonyl (C=O) groups is 1. The van der Waals surface area contributed by atoms with Crippen molar-refractivity contribution >= 4 is 26.8 Å². The Bertz CT molecular complexity index is 752. The third-order valence-corrected chi connectivity index (χ3v) is 5.00. The van der Waals surface area contributed by atoms with Crippen molar-refractivity contribution in [2.24, 2.45) is 0 Å². The van der Waals surface area contributed by atoms with E-state index in [1.165, 1.54) is 4.80 Å². The van der Waals surface area contributed by atoms with Crippen LogP contribution in [0.2, 0.25) is 0 Å². The first-order valence-corrected chi connectivity index (χ1v) is 8.23. The van der Waals surface area contributed by atoms with Gasteiger partial charge in [-0.15, -0.1) is 0 Å². The molecular weight excluding hydrogens is 296 g/mol. The van der Waals surface area contributed by atoms with Gasteiger partial charge in [-0.25, -0.2) is 8.42 Å². The molecule has 0 spiro atoms. The van der Waals surface area contributed by atoms with Gasteiger partial charge in [0.05, 0.1) is 23.7 Å². The number of hydrogen-bond donors (Lipinski definition) is 2. The Balaban J connectivity index is 1.66. The van der Waals surface area contributed by atoms with Gasteiger partial charge in [-0.2, -0.15) is 15.0 Å². The first kappa shape index (κ1) is 14.0. The van der Waals surface area contributed by atoms with Gasteiger partial charge in [0.1, 0.15) is 17.6 Å². The van der Waals surface area contributed by atoms with E-state index >= 15 is 0 Å². The normalized spacial score (nSPS) is 24.2. The molecule has 0 radical (unpaired) electrons. The second kappa shape index (κ2) is 5.08. The Morgan fingerprint density at radius 1 is 1.29 bits per heavy atom. The molecule has 3 rings (SSSR count). The van der Waals surface area contributed by atoms with Crippen LogP contribution in [0.1, 0.15) is 0 Å². The molecule has 1 aromatic carbocycles. The van der Waals surface area contributed by atoms with Gasteiger partial charge in [-0.3, -0.25) is 4.79 Å². The highest BCUT2D eigenvalue weighted by Crippen LogP contribution is 2.12. The summed E-state index contributed by atoms with van der Waals surface area (Å²) >= 11 is 0. The second-order valence-electron chi connectivity index (χ2n) is 5.04. The average molecular weight is 310 g/mol. The Morgan fingerprint density at radius 2 is 1.90 bits per heavy atom. The smallest absolute Gasteiger partial charge is 0.243 e. The summed E-state index contributed by atoms with van der Waals surface area (Å²) in [5.74, 6) is -0.993. The third kappa shape index (κ3) is 3.03. The van der Waals surface area contributed by atoms with Gasteiger partial charge in [0.2, 0.25) is 5.91 Å². The van der Waals surface area contributed by atoms with Crippen molar-refractivity contribution in [3.63, 3.8) is 0 Å². The maximum absolute atomic E-state index is 11.9. The number of sulfone groups is 1. The minimum absolute atomic E-state index is 0.127. The van der Waals surface area contributed by atoms with Crippen molar-refractivity contribution in [2.75, 3.05) is 11.5 Å². The predicted octanol–water partition coefficient (Wildman–Crippen LogP) is -1.29. The highest BCUT2D eigenvalue weighted by molar-refractivity contribution is 7.91. The first-order valence-electron chi connectivity index (χ1n) is 6.41. The molecule has 0 unspecified atom stereocenters. The minimum atomic E-state index is -3.29. The molecule has 1 aliphatic rings. The maximum atomic E-state index is 11.9. The van der Waals surface area contributed by atoms with Crippen LogP contribution in [0.25, 0.3) is 11.0 Å². The van der Waals surface area contributed by atoms with E-state index in [0.717, 1.165) is 0 Å². The van der Waals surface area contributed by atoms with Crippen LogP contribution in [0, 0.1) is 0 Å². The molecule has 1 fully saturated rings. The van der Waals surface area contributed by atoms with Gasteiger partial charge < -0.3 is 10.4 Å². The Morgan fingerprint density at radius 3 is 2.43 bits per heavy atom. The fourth-order valence-corrected chi connectivity index (χ4v) is 4.06. The van der Waals surface area contributed by atoms with Gasteiger partial charge in [0.15, 0.2) is 9.84 Å². The quantitative estimate of drug-likeness (QED) is 0.729. The van der Waals surface area contributed by atoms with Crippen LogP contribution >= 0.6 is 0 Å². The van der Waals surface area contributed by atoms with Gasteiger partial charge in [-0.05, 0) is 12.1 Å². The minimum Gasteiger partial charge on any atom is -0.390 e. The molecule has 1 aromatic heterocycles. The molecule has 1 amide bonds. The Kier molecular flexibility index (Phi) is 3.38. The molecule has 112 valence electrons. The second-order valence-corrected chi connectivity index (χ2v) is 7.19. The van der Waals surface area contributed by atoms with Crippen LogP contribution in [0.3, 0.4) is 0 Å². The lowest BCUT2D eigenvalue weighted by Crippen LogP contribution is -2.44. The number of fused-ring (bicyclic) bond motifs is 1. The lowest BCUT2D eigenvalue weighted by atomic mass is 10.2. The van der Waals surface area contributed by atoms with Crippen LogP contribution in [0.15, 0.2) is 24.3 Å². The van der Waals surface area contributed by atoms with Crippen LogP contribution in [0.4, 0.5) is 0 Å². The molecule has 0 bridgehead atoms. The summed E-state index contributed by atoms with van der Waals surface area (Å²) < 4.78 is 22.7. The standard InChI is InChI=1S/C12H14N4O4S/c17-11-7-21(19,20)6-10(11)13-12(18)5-16-14-8-3-1-2-4-9(8)15-16/h1-4,10-11,17H,5-7H2,(H,13,18)/t10-,11-/m1/s1. The lowest BCUT2D eigenvalue weighted by molar-refractivity contribution is -0.123. The number of carbonyl (C=O) groups excluding carboxylic acids is 1. The van der Waals surface area contributed by atoms with E-state index in [1.807, 2.05) is 12.1 Å². The van der Waals surface area contributed by atoms with Crippen LogP contribution in [-0.2, 0) is 21.2 Å². The molecule has 0 aliphatic carbocycles. The van der Waals surface area contributed by atoms with Crippen LogP contribution in [-0.4, -0.2) is 58.1 Å². The monoisotopic (exact) mass is 310 g/mol. The van der Waals surface area contributed by atoms with E-state index in [-0.39, 0.29) is 18.1 Å². The maximum Gasteiger partial charge on any atom is 0.243 e. The number of rotatable bonds is 3. The zero-order valence-electron chi connectivity index (χ0n) is 11.0. The van der Waals surface area contributed by atoms with Gasteiger partial charge in [0.25, 0.3) is 0 Å². The lowest BCUT2D eigenvalue weighted by Gasteiger charge is -2.14. The number of nitrogens with zero attached hydrogens (tertiary/aromatic N) is 3. The van der Waals surface area contributed by atoms with Gasteiger partial charge in [-0.1, -0.05) is 12.1 Å². The molecule has 1 aliphatic heterocycles. The summed E-state index contributed by atoms with van der Waals surface area (Å²) in [5, 5.41) is 20.4. The zero-order valence-corrected chi connectivity index (χ0v) is 11.8. The predicted molar refractivity (Wildman–Crippen MR) is 74.1 cm³/mol. The van der Waals surface area contributed by atoms with Crippen molar-refractivity contribution in [2.45, 2.75) is 18.7 Å². The van der Waals surface area contributed by atoms with E-state index in [0.29, 0.717) is 11.0 Å². The molecule has 0 saturated carbocycles. The summed E-state index contributed by atoms with van der Waals surface area (Å²) in [5.41, 5.74) is 1.35. The van der Waals surface area contributed by atoms with Crippen LogP contribution < -0.4 is 5.32 Å². The van der Waals surface area contributed by atoms with Gasteiger partial charge in [0, 0.05) is 0 Å². The molecule has 9 heteroatoms. The molecule has 8 nitrogen and oxygen atoms in total. The topological polar surface area (TPSA) is 114 Å². The molecule has 2 heterocycles. The first-order chi connectivity index (χ1) is 9.93. The van der Waals surface area contributed by atoms with E-state index < -0.39 is 27.9 Å². The molecule has 2 atom stereocenters. The largest absolute Gasteiger partial charge is 0.390 e. The summed E-state index contributed by atoms with van der Waals surface area (Å²) in [6.07, 6.45) is -1.07. The highest BCUT2D eigenvalue weighted by atomic mass is 32.2. The van der Waals surface area contributed by atoms with Gasteiger partial charge >= 0.3 is 0 Å². The fraction of sp³-hybridized carbons (Fsp3) is 0.417. The Labute approximate surface area is 120 Å². The van der Waals surface area contributed by atoms with Crippen molar-refractivity contribution in [1.29, 1.82) is 0 Å². The molecule has 2 aromatic rings. The van der Waals surface area contributed by atoms with Crippen molar-refractivity contribution < 1.29 is 18.3 Å². The number of amides is 1. The third-order valence-electron chi connectivity index (χ3n) is 3.28. The number of benzene rings is 1. The Hall–Kier alpha value is -2.00. The van der Waals surface area contributed by atoms with Crippen molar-refractivity contribution in [3.8, 4) is 0 Å². The van der Waals surface area contributed by atoms with E-state index in [4.69, 9.17) is 0 Å². The fourth-order valence-electron chi connectivity index (χ4n) is 2.32. The summed E-state index contributed by atoms with van der Waals surface area (Å²) in [6, 6.07) is 6.43. The molecule has 2 N–H and O–H groups in total. The molecular formula is C12H14N4O4S. The number of aliphatic hydroxyl groups excluding tert-OH is 1. The summed E-state index contributed by atoms with van der Waals surface area (Å²) in [7, 11) is -3.29. The summed E-state index contributed by atoms with van der Waals surface area (Å²) in [4.78, 5) is 13.1. The summed E-state index contributed by atoms with van der Waals surface area (Å²) in [6.45, 7) is -0.127. The van der Waals surface area contributed by atoms with Crippen molar-refractivity contribution in [1.82, 2.24) is 20.3 Å². The zero-order chi connectivity index (χ0) is 15.0. The highest BCUT2D eigenvalue weighted by Gasteiger charge is 2.37. The van der Waals surface area contributed by atoms with E-state index in [2.05, 4.69) is 15.5 Å². The number of aromatic nitrogens is 3. The van der Waals surface area contributed by atoms with E-state index in [1.54, 1.807) is 12.1 Å². The molecule has 1 saturated heterocycles. The number of hydrogen-bond acceptors (Lipinski definition) is 6. The average Bonchev–Trinajstić information content (AvgIpc) is 2.89. The number of aliphatic hydroxyl groups is 1. The molecule has 21 heavy (non-hydrogen) atoms.